The average molecular weight is 538 g/mol. The van der Waals surface area contributed by atoms with Gasteiger partial charge >= 0.3 is 0 Å². The van der Waals surface area contributed by atoms with Crippen molar-refractivity contribution in [3.63, 3.8) is 0 Å². The van der Waals surface area contributed by atoms with E-state index in [0.717, 1.165) is 55.0 Å². The van der Waals surface area contributed by atoms with E-state index in [1.807, 2.05) is 35.9 Å². The van der Waals surface area contributed by atoms with Crippen molar-refractivity contribution in [2.24, 2.45) is 13.0 Å². The number of fused-ring (bicyclic) bond motifs is 1. The van der Waals surface area contributed by atoms with Crippen LogP contribution in [-0.4, -0.2) is 31.2 Å². The number of amides is 1. The van der Waals surface area contributed by atoms with Crippen LogP contribution in [0.1, 0.15) is 104 Å². The summed E-state index contributed by atoms with van der Waals surface area (Å²) in [7, 11) is 1.96. The Bertz CT molecular complexity index is 1490. The molecular formula is C32H39N7O. The SMILES string of the molecule is Cn1cnnc1C1(c2cccc(NC(=O)c3cc(CNC4(C)CCC4)c4c(n3)C(C)(C)CC4)c2)CC(CC#N)C1. The number of nitriles is 1. The second kappa shape index (κ2) is 9.81. The molecular weight excluding hydrogens is 498 g/mol. The number of aromatic nitrogens is 4. The van der Waals surface area contributed by atoms with E-state index in [1.165, 1.54) is 30.4 Å². The summed E-state index contributed by atoms with van der Waals surface area (Å²) in [6, 6.07) is 12.4. The van der Waals surface area contributed by atoms with Crippen molar-refractivity contribution in [3.8, 4) is 6.07 Å². The molecule has 8 nitrogen and oxygen atoms in total. The van der Waals surface area contributed by atoms with Crippen LogP contribution in [0.15, 0.2) is 36.7 Å². The highest BCUT2D eigenvalue weighted by molar-refractivity contribution is 6.03. The molecule has 2 fully saturated rings. The molecule has 0 bridgehead atoms. The number of nitrogens with zero attached hydrogens (tertiary/aromatic N) is 5. The Morgan fingerprint density at radius 3 is 2.65 bits per heavy atom. The number of hydrogen-bond acceptors (Lipinski definition) is 6. The van der Waals surface area contributed by atoms with Crippen molar-refractivity contribution in [2.75, 3.05) is 5.32 Å². The summed E-state index contributed by atoms with van der Waals surface area (Å²) in [4.78, 5) is 18.6. The van der Waals surface area contributed by atoms with Gasteiger partial charge in [-0.3, -0.25) is 4.79 Å². The standard InChI is InChI=1S/C32H39N7O/c1-30(2)13-9-25-22(19-34-31(3)11-6-12-31)15-26(37-27(25)30)28(40)36-24-8-5-7-23(16-24)32(17-21(18-32)10-14-33)29-38-35-20-39(29)4/h5,7-8,15-16,20-21,34H,6,9-13,17-19H2,1-4H3,(H,36,40). The summed E-state index contributed by atoms with van der Waals surface area (Å²) in [5.74, 6) is 1.03. The van der Waals surface area contributed by atoms with Gasteiger partial charge < -0.3 is 15.2 Å². The lowest BCUT2D eigenvalue weighted by atomic mass is 9.57. The molecule has 6 rings (SSSR count). The van der Waals surface area contributed by atoms with Gasteiger partial charge in [-0.25, -0.2) is 4.98 Å². The molecule has 0 spiro atoms. The highest BCUT2D eigenvalue weighted by Crippen LogP contribution is 2.53. The first kappa shape index (κ1) is 26.6. The van der Waals surface area contributed by atoms with E-state index in [0.29, 0.717) is 18.0 Å². The van der Waals surface area contributed by atoms with Gasteiger partial charge in [-0.05, 0) is 92.7 Å². The fourth-order valence-corrected chi connectivity index (χ4v) is 7.04. The lowest BCUT2D eigenvalue weighted by molar-refractivity contribution is 0.102. The maximum Gasteiger partial charge on any atom is 0.274 e. The molecule has 0 radical (unpaired) electrons. The minimum atomic E-state index is -0.320. The van der Waals surface area contributed by atoms with Crippen molar-refractivity contribution in [2.45, 2.75) is 95.1 Å². The van der Waals surface area contributed by atoms with E-state index in [9.17, 15) is 10.1 Å². The maximum absolute atomic E-state index is 13.7. The summed E-state index contributed by atoms with van der Waals surface area (Å²) in [6.45, 7) is 7.51. The lowest BCUT2D eigenvalue weighted by Crippen LogP contribution is -2.47. The van der Waals surface area contributed by atoms with E-state index in [2.05, 4.69) is 53.7 Å². The van der Waals surface area contributed by atoms with E-state index >= 15 is 0 Å². The molecule has 2 aromatic heterocycles. The van der Waals surface area contributed by atoms with Crippen LogP contribution in [-0.2, 0) is 30.8 Å². The molecule has 0 unspecified atom stereocenters. The molecule has 40 heavy (non-hydrogen) atoms. The van der Waals surface area contributed by atoms with Crippen molar-refractivity contribution in [1.29, 1.82) is 5.26 Å². The summed E-state index contributed by atoms with van der Waals surface area (Å²) in [5.41, 5.74) is 5.67. The zero-order valence-corrected chi connectivity index (χ0v) is 24.0. The van der Waals surface area contributed by atoms with Crippen LogP contribution in [0.4, 0.5) is 5.69 Å². The molecule has 208 valence electrons. The summed E-state index contributed by atoms with van der Waals surface area (Å²) in [6.07, 6.45) is 9.64. The summed E-state index contributed by atoms with van der Waals surface area (Å²) in [5, 5.41) is 24.7. The number of carbonyl (C=O) groups excluding carboxylic acids is 1. The highest BCUT2D eigenvalue weighted by Gasteiger charge is 2.49. The first-order valence-electron chi connectivity index (χ1n) is 14.5. The molecule has 3 aromatic rings. The third-order valence-electron chi connectivity index (χ3n) is 9.72. The van der Waals surface area contributed by atoms with E-state index in [1.54, 1.807) is 6.33 Å². The smallest absolute Gasteiger partial charge is 0.274 e. The molecule has 0 aliphatic heterocycles. The van der Waals surface area contributed by atoms with Crippen molar-refractivity contribution in [3.05, 3.63) is 70.6 Å². The Kier molecular flexibility index (Phi) is 6.53. The van der Waals surface area contributed by atoms with Crippen LogP contribution in [0, 0.1) is 17.2 Å². The minimum absolute atomic E-state index is 0.0483. The predicted molar refractivity (Wildman–Crippen MR) is 154 cm³/mol. The zero-order chi connectivity index (χ0) is 28.1. The molecule has 3 aliphatic rings. The van der Waals surface area contributed by atoms with Crippen molar-refractivity contribution in [1.82, 2.24) is 25.1 Å². The molecule has 2 saturated carbocycles. The van der Waals surface area contributed by atoms with Gasteiger partial charge in [-0.1, -0.05) is 26.0 Å². The third-order valence-corrected chi connectivity index (χ3v) is 9.72. The first-order chi connectivity index (χ1) is 19.1. The van der Waals surface area contributed by atoms with E-state index in [-0.39, 0.29) is 22.3 Å². The van der Waals surface area contributed by atoms with Gasteiger partial charge in [-0.2, -0.15) is 5.26 Å². The number of aryl methyl sites for hydroxylation is 1. The van der Waals surface area contributed by atoms with Gasteiger partial charge in [0.1, 0.15) is 17.8 Å². The van der Waals surface area contributed by atoms with Crippen LogP contribution in [0.2, 0.25) is 0 Å². The molecule has 2 N–H and O–H groups in total. The topological polar surface area (TPSA) is 109 Å². The number of nitrogens with one attached hydrogen (secondary N) is 2. The van der Waals surface area contributed by atoms with Crippen LogP contribution in [0.25, 0.3) is 0 Å². The number of anilines is 1. The highest BCUT2D eigenvalue weighted by atomic mass is 16.1. The van der Waals surface area contributed by atoms with Gasteiger partial charge in [0.25, 0.3) is 5.91 Å². The van der Waals surface area contributed by atoms with Crippen molar-refractivity contribution < 1.29 is 4.79 Å². The average Bonchev–Trinajstić information content (AvgIpc) is 3.45. The Labute approximate surface area is 236 Å². The second-order valence-electron chi connectivity index (χ2n) is 13.2. The molecule has 1 aromatic carbocycles. The Morgan fingerprint density at radius 2 is 1.98 bits per heavy atom. The largest absolute Gasteiger partial charge is 0.321 e. The number of carbonyl (C=O) groups is 1. The number of rotatable bonds is 8. The third kappa shape index (κ3) is 4.60. The molecule has 0 atom stereocenters. The van der Waals surface area contributed by atoms with Crippen LogP contribution >= 0.6 is 0 Å². The van der Waals surface area contributed by atoms with Gasteiger partial charge in [0.15, 0.2) is 0 Å². The molecule has 0 saturated heterocycles. The molecule has 1 amide bonds. The normalized spacial score (nSPS) is 23.9. The zero-order valence-electron chi connectivity index (χ0n) is 24.0. The van der Waals surface area contributed by atoms with Crippen LogP contribution in [0.3, 0.4) is 0 Å². The van der Waals surface area contributed by atoms with E-state index < -0.39 is 0 Å². The molecule has 8 heteroatoms. The minimum Gasteiger partial charge on any atom is -0.321 e. The van der Waals surface area contributed by atoms with Gasteiger partial charge in [0.2, 0.25) is 0 Å². The van der Waals surface area contributed by atoms with Gasteiger partial charge in [-0.15, -0.1) is 10.2 Å². The number of pyridine rings is 1. The quantitative estimate of drug-likeness (QED) is 0.402. The number of hydrogen-bond donors (Lipinski definition) is 2. The maximum atomic E-state index is 13.7. The summed E-state index contributed by atoms with van der Waals surface area (Å²) >= 11 is 0. The second-order valence-corrected chi connectivity index (χ2v) is 13.2. The molecule has 3 aliphatic carbocycles. The first-order valence-corrected chi connectivity index (χ1v) is 14.5. The number of benzene rings is 1. The van der Waals surface area contributed by atoms with Gasteiger partial charge in [0, 0.05) is 36.7 Å². The summed E-state index contributed by atoms with van der Waals surface area (Å²) < 4.78 is 1.96. The Hall–Kier alpha value is -3.57. The van der Waals surface area contributed by atoms with Crippen LogP contribution in [0.5, 0.6) is 0 Å². The monoisotopic (exact) mass is 537 g/mol. The molecule has 2 heterocycles. The fourth-order valence-electron chi connectivity index (χ4n) is 7.04. The van der Waals surface area contributed by atoms with Crippen molar-refractivity contribution >= 4 is 11.6 Å². The Morgan fingerprint density at radius 1 is 1.18 bits per heavy atom. The lowest BCUT2D eigenvalue weighted by Gasteiger charge is -2.46. The van der Waals surface area contributed by atoms with E-state index in [4.69, 9.17) is 4.98 Å². The van der Waals surface area contributed by atoms with Crippen LogP contribution < -0.4 is 10.6 Å². The fraction of sp³-hybridized carbons (Fsp3) is 0.531. The van der Waals surface area contributed by atoms with Gasteiger partial charge in [0.05, 0.1) is 17.2 Å². The predicted octanol–water partition coefficient (Wildman–Crippen LogP) is 5.33. The Balaban J connectivity index is 1.28.